The molecule has 0 aliphatic rings. The summed E-state index contributed by atoms with van der Waals surface area (Å²) >= 11 is 0. The van der Waals surface area contributed by atoms with Crippen LogP contribution < -0.4 is 16.4 Å². The summed E-state index contributed by atoms with van der Waals surface area (Å²) in [4.78, 5) is 39.4. The summed E-state index contributed by atoms with van der Waals surface area (Å²) in [6.07, 6.45) is 0.769. The summed E-state index contributed by atoms with van der Waals surface area (Å²) in [5.41, 5.74) is 7.79. The predicted octanol–water partition coefficient (Wildman–Crippen LogP) is 0.129. The van der Waals surface area contributed by atoms with E-state index in [1.165, 1.54) is 6.92 Å². The molecule has 0 bridgehead atoms. The SMILES string of the molecule is CC(C)C(NC(=O)C(NC(=O)C(N)Cc1c[nH]c2ccccc12)C(C)O)C(=O)O. The van der Waals surface area contributed by atoms with E-state index in [0.29, 0.717) is 0 Å². The number of para-hydroxylation sites is 1. The number of aliphatic hydroxyl groups excluding tert-OH is 1. The van der Waals surface area contributed by atoms with Crippen LogP contribution in [-0.2, 0) is 20.8 Å². The van der Waals surface area contributed by atoms with Crippen molar-refractivity contribution in [3.05, 3.63) is 36.0 Å². The molecule has 9 nitrogen and oxygen atoms in total. The van der Waals surface area contributed by atoms with Gasteiger partial charge in [-0.2, -0.15) is 0 Å². The Morgan fingerprint density at radius 3 is 2.28 bits per heavy atom. The Kier molecular flexibility index (Phi) is 7.35. The van der Waals surface area contributed by atoms with E-state index in [1.54, 1.807) is 20.0 Å². The Bertz CT molecular complexity index is 877. The fourth-order valence-electron chi connectivity index (χ4n) is 3.05. The third-order valence-electron chi connectivity index (χ3n) is 4.74. The summed E-state index contributed by atoms with van der Waals surface area (Å²) in [5, 5.41) is 24.9. The van der Waals surface area contributed by atoms with Crippen molar-refractivity contribution in [2.24, 2.45) is 11.7 Å². The predicted molar refractivity (Wildman–Crippen MR) is 108 cm³/mol. The quantitative estimate of drug-likeness (QED) is 0.349. The zero-order valence-electron chi connectivity index (χ0n) is 16.7. The summed E-state index contributed by atoms with van der Waals surface area (Å²) in [6, 6.07) is 4.18. The van der Waals surface area contributed by atoms with Crippen LogP contribution in [0.5, 0.6) is 0 Å². The van der Waals surface area contributed by atoms with Crippen molar-refractivity contribution >= 4 is 28.7 Å². The second kappa shape index (κ2) is 9.53. The Morgan fingerprint density at radius 2 is 1.69 bits per heavy atom. The number of carboxylic acids is 1. The number of benzene rings is 1. The number of hydrogen-bond donors (Lipinski definition) is 6. The maximum absolute atomic E-state index is 12.5. The number of carboxylic acid groups (broad SMARTS) is 1. The molecule has 0 saturated carbocycles. The average Bonchev–Trinajstić information content (AvgIpc) is 3.05. The zero-order chi connectivity index (χ0) is 21.7. The van der Waals surface area contributed by atoms with Crippen molar-refractivity contribution < 1.29 is 24.6 Å². The van der Waals surface area contributed by atoms with Gasteiger partial charge in [0.2, 0.25) is 11.8 Å². The number of rotatable bonds is 9. The molecule has 2 amide bonds. The normalized spacial score (nSPS) is 15.5. The van der Waals surface area contributed by atoms with E-state index in [1.807, 2.05) is 24.3 Å². The number of aromatic nitrogens is 1. The minimum atomic E-state index is -1.32. The standard InChI is InChI=1S/C20H28N4O5/c1-10(2)16(20(28)29)23-19(27)17(11(3)25)24-18(26)14(21)8-12-9-22-15-7-5-4-6-13(12)15/h4-7,9-11,14,16-17,22,25H,8,21H2,1-3H3,(H,23,27)(H,24,26)(H,28,29). The van der Waals surface area contributed by atoms with E-state index in [-0.39, 0.29) is 12.3 Å². The molecule has 7 N–H and O–H groups in total. The van der Waals surface area contributed by atoms with Gasteiger partial charge in [0, 0.05) is 17.1 Å². The molecule has 0 aliphatic carbocycles. The van der Waals surface area contributed by atoms with Gasteiger partial charge in [-0.3, -0.25) is 9.59 Å². The molecule has 2 aromatic rings. The highest BCUT2D eigenvalue weighted by molar-refractivity contribution is 5.92. The molecular weight excluding hydrogens is 376 g/mol. The molecule has 2 rings (SSSR count). The highest BCUT2D eigenvalue weighted by Crippen LogP contribution is 2.18. The van der Waals surface area contributed by atoms with Gasteiger partial charge in [-0.15, -0.1) is 0 Å². The molecule has 0 aliphatic heterocycles. The lowest BCUT2D eigenvalue weighted by atomic mass is 10.0. The minimum Gasteiger partial charge on any atom is -0.480 e. The number of nitrogens with one attached hydrogen (secondary N) is 3. The number of H-pyrrole nitrogens is 1. The van der Waals surface area contributed by atoms with Gasteiger partial charge in [0.15, 0.2) is 0 Å². The highest BCUT2D eigenvalue weighted by atomic mass is 16.4. The summed E-state index contributed by atoms with van der Waals surface area (Å²) in [7, 11) is 0. The van der Waals surface area contributed by atoms with Crippen LogP contribution in [0.25, 0.3) is 10.9 Å². The Hall–Kier alpha value is -2.91. The number of amides is 2. The number of carbonyl (C=O) groups excluding carboxylic acids is 2. The molecule has 4 atom stereocenters. The van der Waals surface area contributed by atoms with Crippen LogP contribution in [0.2, 0.25) is 0 Å². The van der Waals surface area contributed by atoms with Crippen LogP contribution in [0.1, 0.15) is 26.3 Å². The lowest BCUT2D eigenvalue weighted by Gasteiger charge is -2.25. The molecule has 4 unspecified atom stereocenters. The Morgan fingerprint density at radius 1 is 1.07 bits per heavy atom. The van der Waals surface area contributed by atoms with Crippen molar-refractivity contribution in [2.75, 3.05) is 0 Å². The van der Waals surface area contributed by atoms with E-state index in [2.05, 4.69) is 15.6 Å². The molecule has 0 spiro atoms. The number of carbonyl (C=O) groups is 3. The maximum Gasteiger partial charge on any atom is 0.326 e. The smallest absolute Gasteiger partial charge is 0.326 e. The first-order valence-electron chi connectivity index (χ1n) is 9.44. The first kappa shape index (κ1) is 22.4. The first-order valence-corrected chi connectivity index (χ1v) is 9.44. The second-order valence-corrected chi connectivity index (χ2v) is 7.47. The van der Waals surface area contributed by atoms with Crippen LogP contribution in [0, 0.1) is 5.92 Å². The molecule has 1 aromatic carbocycles. The van der Waals surface area contributed by atoms with E-state index in [4.69, 9.17) is 5.73 Å². The highest BCUT2D eigenvalue weighted by Gasteiger charge is 2.32. The lowest BCUT2D eigenvalue weighted by Crippen LogP contribution is -2.59. The van der Waals surface area contributed by atoms with Gasteiger partial charge < -0.3 is 31.6 Å². The van der Waals surface area contributed by atoms with Gasteiger partial charge in [-0.1, -0.05) is 32.0 Å². The molecule has 0 saturated heterocycles. The third kappa shape index (κ3) is 5.55. The van der Waals surface area contributed by atoms with Crippen LogP contribution in [0.3, 0.4) is 0 Å². The van der Waals surface area contributed by atoms with E-state index in [0.717, 1.165) is 16.5 Å². The fourth-order valence-corrected chi connectivity index (χ4v) is 3.05. The molecule has 29 heavy (non-hydrogen) atoms. The van der Waals surface area contributed by atoms with Crippen LogP contribution >= 0.6 is 0 Å². The second-order valence-electron chi connectivity index (χ2n) is 7.47. The van der Waals surface area contributed by atoms with E-state index >= 15 is 0 Å². The van der Waals surface area contributed by atoms with Gasteiger partial charge in [0.25, 0.3) is 0 Å². The van der Waals surface area contributed by atoms with E-state index in [9.17, 15) is 24.6 Å². The van der Waals surface area contributed by atoms with Crippen LogP contribution in [0.4, 0.5) is 0 Å². The van der Waals surface area contributed by atoms with Gasteiger partial charge in [-0.25, -0.2) is 4.79 Å². The van der Waals surface area contributed by atoms with Gasteiger partial charge >= 0.3 is 5.97 Å². The number of fused-ring (bicyclic) bond motifs is 1. The summed E-state index contributed by atoms with van der Waals surface area (Å²) < 4.78 is 0. The zero-order valence-corrected chi connectivity index (χ0v) is 16.7. The minimum absolute atomic E-state index is 0.230. The summed E-state index contributed by atoms with van der Waals surface area (Å²) in [6.45, 7) is 4.62. The molecule has 158 valence electrons. The van der Waals surface area contributed by atoms with Gasteiger partial charge in [0.05, 0.1) is 12.1 Å². The first-order chi connectivity index (χ1) is 13.6. The van der Waals surface area contributed by atoms with Crippen LogP contribution in [0.15, 0.2) is 30.5 Å². The number of aliphatic hydroxyl groups is 1. The molecule has 0 radical (unpaired) electrons. The van der Waals surface area contributed by atoms with E-state index < -0.39 is 42.0 Å². The third-order valence-corrected chi connectivity index (χ3v) is 4.74. The molecule has 1 heterocycles. The van der Waals surface area contributed by atoms with Crippen molar-refractivity contribution in [1.29, 1.82) is 0 Å². The Labute approximate surface area is 168 Å². The largest absolute Gasteiger partial charge is 0.480 e. The molecule has 9 heteroatoms. The number of hydrogen-bond acceptors (Lipinski definition) is 5. The van der Waals surface area contributed by atoms with Crippen LogP contribution in [-0.4, -0.2) is 57.2 Å². The number of aliphatic carboxylic acids is 1. The number of aromatic amines is 1. The summed E-state index contributed by atoms with van der Waals surface area (Å²) in [5.74, 6) is -2.97. The van der Waals surface area contributed by atoms with Crippen molar-refractivity contribution in [2.45, 2.75) is 51.4 Å². The van der Waals surface area contributed by atoms with Gasteiger partial charge in [-0.05, 0) is 30.9 Å². The average molecular weight is 404 g/mol. The Balaban J connectivity index is 2.06. The topological polar surface area (TPSA) is 158 Å². The van der Waals surface area contributed by atoms with Gasteiger partial charge in [0.1, 0.15) is 12.1 Å². The lowest BCUT2D eigenvalue weighted by molar-refractivity contribution is -0.144. The van der Waals surface area contributed by atoms with Crippen molar-refractivity contribution in [3.8, 4) is 0 Å². The molecule has 0 fully saturated rings. The molecule has 1 aromatic heterocycles. The van der Waals surface area contributed by atoms with Crippen molar-refractivity contribution in [3.63, 3.8) is 0 Å². The maximum atomic E-state index is 12.5. The monoisotopic (exact) mass is 404 g/mol. The molecular formula is C20H28N4O5. The number of nitrogens with two attached hydrogens (primary N) is 1. The fraction of sp³-hybridized carbons (Fsp3) is 0.450. The van der Waals surface area contributed by atoms with Crippen molar-refractivity contribution in [1.82, 2.24) is 15.6 Å².